The van der Waals surface area contributed by atoms with Gasteiger partial charge in [-0.1, -0.05) is 25.1 Å². The Morgan fingerprint density at radius 3 is 2.74 bits per heavy atom. The van der Waals surface area contributed by atoms with Crippen molar-refractivity contribution in [3.63, 3.8) is 0 Å². The quantitative estimate of drug-likeness (QED) is 0.917. The molecule has 1 aromatic heterocycles. The Bertz CT molecular complexity index is 587. The minimum Gasteiger partial charge on any atom is -0.461 e. The summed E-state index contributed by atoms with van der Waals surface area (Å²) in [5, 5.41) is 1.07. The normalized spacial score (nSPS) is 12.6. The van der Waals surface area contributed by atoms with Gasteiger partial charge in [0.1, 0.15) is 11.3 Å². The molecule has 0 aliphatic heterocycles. The molecule has 2 aromatic rings. The number of nitrogens with zero attached hydrogens (tertiary/aromatic N) is 1. The van der Waals surface area contributed by atoms with Gasteiger partial charge in [0.2, 0.25) is 5.91 Å². The topological polar surface area (TPSA) is 59.5 Å². The standard InChI is InChI=1S/C15H20N2O2/c1-4-13-12(9-17(3)15(18)10(2)16)11-7-5-6-8-14(11)19-13/h5-8,10H,4,9,16H2,1-3H3/t10-/m1/s1. The van der Waals surface area contributed by atoms with E-state index in [2.05, 4.69) is 6.92 Å². The van der Waals surface area contributed by atoms with Gasteiger partial charge in [-0.2, -0.15) is 0 Å². The van der Waals surface area contributed by atoms with Crippen LogP contribution in [-0.4, -0.2) is 23.9 Å². The van der Waals surface area contributed by atoms with Gasteiger partial charge in [-0.05, 0) is 13.0 Å². The number of amides is 1. The second kappa shape index (κ2) is 5.45. The number of benzene rings is 1. The van der Waals surface area contributed by atoms with E-state index in [1.807, 2.05) is 24.3 Å². The molecule has 0 radical (unpaired) electrons. The Morgan fingerprint density at radius 2 is 2.11 bits per heavy atom. The molecule has 4 heteroatoms. The number of likely N-dealkylation sites (N-methyl/N-ethyl adjacent to an activating group) is 1. The van der Waals surface area contributed by atoms with E-state index >= 15 is 0 Å². The summed E-state index contributed by atoms with van der Waals surface area (Å²) < 4.78 is 5.82. The van der Waals surface area contributed by atoms with Crippen molar-refractivity contribution in [1.29, 1.82) is 0 Å². The SMILES string of the molecule is CCc1oc2ccccc2c1CN(C)C(=O)[C@@H](C)N. The van der Waals surface area contributed by atoms with Gasteiger partial charge in [0.25, 0.3) is 0 Å². The Kier molecular flexibility index (Phi) is 3.90. The zero-order valence-corrected chi connectivity index (χ0v) is 11.6. The van der Waals surface area contributed by atoms with E-state index in [0.717, 1.165) is 28.7 Å². The third-order valence-corrected chi connectivity index (χ3v) is 3.26. The lowest BCUT2D eigenvalue weighted by Gasteiger charge is -2.19. The van der Waals surface area contributed by atoms with Gasteiger partial charge in [-0.25, -0.2) is 0 Å². The molecule has 0 bridgehead atoms. The van der Waals surface area contributed by atoms with Gasteiger partial charge in [-0.15, -0.1) is 0 Å². The first-order valence-electron chi connectivity index (χ1n) is 6.54. The highest BCUT2D eigenvalue weighted by molar-refractivity contribution is 5.84. The smallest absolute Gasteiger partial charge is 0.239 e. The van der Waals surface area contributed by atoms with Crippen molar-refractivity contribution in [1.82, 2.24) is 4.90 Å². The molecular weight excluding hydrogens is 240 g/mol. The van der Waals surface area contributed by atoms with Crippen LogP contribution in [0, 0.1) is 0 Å². The highest BCUT2D eigenvalue weighted by Gasteiger charge is 2.18. The van der Waals surface area contributed by atoms with Crippen LogP contribution in [0.3, 0.4) is 0 Å². The number of carbonyl (C=O) groups excluding carboxylic acids is 1. The monoisotopic (exact) mass is 260 g/mol. The molecule has 0 saturated carbocycles. The Hall–Kier alpha value is -1.81. The molecule has 19 heavy (non-hydrogen) atoms. The van der Waals surface area contributed by atoms with E-state index in [4.69, 9.17) is 10.2 Å². The van der Waals surface area contributed by atoms with E-state index in [0.29, 0.717) is 6.54 Å². The third-order valence-electron chi connectivity index (χ3n) is 3.26. The van der Waals surface area contributed by atoms with Crippen LogP contribution >= 0.6 is 0 Å². The van der Waals surface area contributed by atoms with E-state index in [1.165, 1.54) is 0 Å². The van der Waals surface area contributed by atoms with Crippen molar-refractivity contribution in [2.24, 2.45) is 5.73 Å². The molecule has 1 aromatic carbocycles. The Labute approximate surface area is 113 Å². The maximum absolute atomic E-state index is 11.9. The summed E-state index contributed by atoms with van der Waals surface area (Å²) >= 11 is 0. The molecule has 102 valence electrons. The maximum atomic E-state index is 11.9. The third kappa shape index (κ3) is 2.63. The van der Waals surface area contributed by atoms with E-state index < -0.39 is 6.04 Å². The summed E-state index contributed by atoms with van der Waals surface area (Å²) in [5.41, 5.74) is 7.58. The molecule has 0 fully saturated rings. The number of para-hydroxylation sites is 1. The molecule has 0 spiro atoms. The highest BCUT2D eigenvalue weighted by atomic mass is 16.3. The average molecular weight is 260 g/mol. The summed E-state index contributed by atoms with van der Waals surface area (Å²) in [6.45, 7) is 4.28. The second-order valence-corrected chi connectivity index (χ2v) is 4.84. The first-order valence-corrected chi connectivity index (χ1v) is 6.54. The number of furan rings is 1. The van der Waals surface area contributed by atoms with Crippen molar-refractivity contribution in [2.75, 3.05) is 7.05 Å². The second-order valence-electron chi connectivity index (χ2n) is 4.84. The van der Waals surface area contributed by atoms with Gasteiger partial charge in [0.05, 0.1) is 6.04 Å². The van der Waals surface area contributed by atoms with Crippen molar-refractivity contribution in [3.8, 4) is 0 Å². The lowest BCUT2D eigenvalue weighted by molar-refractivity contribution is -0.131. The minimum atomic E-state index is -0.478. The van der Waals surface area contributed by atoms with Crippen LogP contribution in [0.15, 0.2) is 28.7 Å². The zero-order chi connectivity index (χ0) is 14.0. The van der Waals surface area contributed by atoms with Crippen LogP contribution in [0.4, 0.5) is 0 Å². The maximum Gasteiger partial charge on any atom is 0.239 e. The predicted octanol–water partition coefficient (Wildman–Crippen LogP) is 2.30. The van der Waals surface area contributed by atoms with Crippen LogP contribution in [0.2, 0.25) is 0 Å². The van der Waals surface area contributed by atoms with Crippen LogP contribution in [-0.2, 0) is 17.8 Å². The van der Waals surface area contributed by atoms with E-state index in [9.17, 15) is 4.79 Å². The van der Waals surface area contributed by atoms with E-state index in [1.54, 1.807) is 18.9 Å². The average Bonchev–Trinajstić information content (AvgIpc) is 2.76. The molecular formula is C15H20N2O2. The van der Waals surface area contributed by atoms with Gasteiger partial charge in [0, 0.05) is 31.0 Å². The fraction of sp³-hybridized carbons (Fsp3) is 0.400. The highest BCUT2D eigenvalue weighted by Crippen LogP contribution is 2.27. The minimum absolute atomic E-state index is 0.0627. The van der Waals surface area contributed by atoms with Crippen molar-refractivity contribution in [2.45, 2.75) is 32.9 Å². The molecule has 1 atom stereocenters. The summed E-state index contributed by atoms with van der Waals surface area (Å²) in [6.07, 6.45) is 0.810. The number of rotatable bonds is 4. The molecule has 1 heterocycles. The number of aryl methyl sites for hydroxylation is 1. The number of hydrogen-bond donors (Lipinski definition) is 1. The van der Waals surface area contributed by atoms with Crippen LogP contribution in [0.25, 0.3) is 11.0 Å². The van der Waals surface area contributed by atoms with Gasteiger partial charge in [0.15, 0.2) is 0 Å². The van der Waals surface area contributed by atoms with Crippen LogP contribution < -0.4 is 5.73 Å². The molecule has 0 saturated heterocycles. The summed E-state index contributed by atoms with van der Waals surface area (Å²) in [7, 11) is 1.77. The summed E-state index contributed by atoms with van der Waals surface area (Å²) in [6, 6.07) is 7.43. The zero-order valence-electron chi connectivity index (χ0n) is 11.6. The van der Waals surface area contributed by atoms with Gasteiger partial charge in [-0.3, -0.25) is 4.79 Å². The molecule has 4 nitrogen and oxygen atoms in total. The van der Waals surface area contributed by atoms with Crippen molar-refractivity contribution >= 4 is 16.9 Å². The first kappa shape index (κ1) is 13.6. The molecule has 0 unspecified atom stereocenters. The molecule has 0 aliphatic carbocycles. The molecule has 0 aliphatic rings. The van der Waals surface area contributed by atoms with Crippen LogP contribution in [0.5, 0.6) is 0 Å². The Morgan fingerprint density at radius 1 is 1.42 bits per heavy atom. The number of hydrogen-bond acceptors (Lipinski definition) is 3. The first-order chi connectivity index (χ1) is 9.04. The van der Waals surface area contributed by atoms with E-state index in [-0.39, 0.29) is 5.91 Å². The molecule has 1 amide bonds. The fourth-order valence-corrected chi connectivity index (χ4v) is 2.27. The molecule has 2 N–H and O–H groups in total. The summed E-state index contributed by atoms with van der Waals surface area (Å²) in [5.74, 6) is 0.873. The van der Waals surface area contributed by atoms with Crippen molar-refractivity contribution < 1.29 is 9.21 Å². The van der Waals surface area contributed by atoms with Crippen LogP contribution in [0.1, 0.15) is 25.2 Å². The van der Waals surface area contributed by atoms with Gasteiger partial charge < -0.3 is 15.1 Å². The number of nitrogens with two attached hydrogens (primary N) is 1. The largest absolute Gasteiger partial charge is 0.461 e. The lowest BCUT2D eigenvalue weighted by Crippen LogP contribution is -2.39. The summed E-state index contributed by atoms with van der Waals surface area (Å²) in [4.78, 5) is 13.5. The predicted molar refractivity (Wildman–Crippen MR) is 75.7 cm³/mol. The lowest BCUT2D eigenvalue weighted by atomic mass is 10.1. The van der Waals surface area contributed by atoms with Gasteiger partial charge >= 0.3 is 0 Å². The van der Waals surface area contributed by atoms with Crippen molar-refractivity contribution in [3.05, 3.63) is 35.6 Å². The number of fused-ring (bicyclic) bond motifs is 1. The number of carbonyl (C=O) groups is 1. The fourth-order valence-electron chi connectivity index (χ4n) is 2.27. The molecule has 2 rings (SSSR count). The Balaban J connectivity index is 2.36.